The average Bonchev–Trinajstić information content (AvgIpc) is 2.71. The van der Waals surface area contributed by atoms with E-state index in [-0.39, 0.29) is 0 Å². The molecule has 1 atom stereocenters. The van der Waals surface area contributed by atoms with Crippen LogP contribution in [0.25, 0.3) is 0 Å². The first-order chi connectivity index (χ1) is 13.3. The maximum atomic E-state index is 5.99. The van der Waals surface area contributed by atoms with Crippen LogP contribution in [0, 0.1) is 0 Å². The highest BCUT2D eigenvalue weighted by Gasteiger charge is 2.22. The molecule has 0 N–H and O–H groups in total. The van der Waals surface area contributed by atoms with Crippen LogP contribution in [0.4, 0.5) is 0 Å². The highest BCUT2D eigenvalue weighted by atomic mass is 35.5. The number of piperidine rings is 1. The first-order valence-corrected chi connectivity index (χ1v) is 9.95. The Labute approximate surface area is 166 Å². The molecule has 27 heavy (non-hydrogen) atoms. The fourth-order valence-corrected chi connectivity index (χ4v) is 3.95. The summed E-state index contributed by atoms with van der Waals surface area (Å²) in [6.45, 7) is 3.21. The predicted octanol–water partition coefficient (Wildman–Crippen LogP) is 5.10. The number of aromatic nitrogens is 2. The molecule has 1 saturated heterocycles. The lowest BCUT2D eigenvalue weighted by molar-refractivity contribution is 0.198. The minimum absolute atomic E-state index is 0.505. The van der Waals surface area contributed by atoms with Gasteiger partial charge in [-0.2, -0.15) is 0 Å². The summed E-state index contributed by atoms with van der Waals surface area (Å²) < 4.78 is 0. The van der Waals surface area contributed by atoms with Gasteiger partial charge in [0.15, 0.2) is 0 Å². The third-order valence-corrected chi connectivity index (χ3v) is 5.46. The SMILES string of the molecule is Clc1ccc(Cc2cccc(C3CCCN(Cc4ccncc4)C3)n2)cc1. The van der Waals surface area contributed by atoms with Crippen molar-refractivity contribution < 1.29 is 0 Å². The first-order valence-electron chi connectivity index (χ1n) is 9.58. The van der Waals surface area contributed by atoms with Gasteiger partial charge in [0.1, 0.15) is 0 Å². The number of halogens is 1. The Balaban J connectivity index is 1.43. The zero-order valence-electron chi connectivity index (χ0n) is 15.4. The summed E-state index contributed by atoms with van der Waals surface area (Å²) in [5, 5.41) is 0.775. The number of benzene rings is 1. The van der Waals surface area contributed by atoms with Gasteiger partial charge in [-0.25, -0.2) is 0 Å². The standard InChI is InChI=1S/C23H24ClN3/c24-21-8-6-18(7-9-21)15-22-4-1-5-23(26-22)20-3-2-14-27(17-20)16-19-10-12-25-13-11-19/h1,4-13,20H,2-3,14-17H2. The van der Waals surface area contributed by atoms with Gasteiger partial charge in [0.05, 0.1) is 0 Å². The third kappa shape index (κ3) is 4.94. The van der Waals surface area contributed by atoms with E-state index in [0.29, 0.717) is 5.92 Å². The summed E-state index contributed by atoms with van der Waals surface area (Å²) in [4.78, 5) is 11.6. The van der Waals surface area contributed by atoms with E-state index in [2.05, 4.69) is 52.3 Å². The van der Waals surface area contributed by atoms with E-state index in [9.17, 15) is 0 Å². The number of pyridine rings is 2. The van der Waals surface area contributed by atoms with E-state index in [1.165, 1.54) is 29.7 Å². The molecular formula is C23H24ClN3. The van der Waals surface area contributed by atoms with E-state index >= 15 is 0 Å². The second kappa shape index (κ2) is 8.64. The summed E-state index contributed by atoms with van der Waals surface area (Å²) in [5.74, 6) is 0.505. The Morgan fingerprint density at radius 2 is 1.78 bits per heavy atom. The number of likely N-dealkylation sites (tertiary alicyclic amines) is 1. The maximum absolute atomic E-state index is 5.99. The number of hydrogen-bond acceptors (Lipinski definition) is 3. The normalized spacial score (nSPS) is 17.7. The van der Waals surface area contributed by atoms with Crippen molar-refractivity contribution in [3.8, 4) is 0 Å². The summed E-state index contributed by atoms with van der Waals surface area (Å²) in [5.41, 5.74) is 4.92. The van der Waals surface area contributed by atoms with Crippen molar-refractivity contribution in [3.63, 3.8) is 0 Å². The zero-order chi connectivity index (χ0) is 18.5. The highest BCUT2D eigenvalue weighted by Crippen LogP contribution is 2.27. The summed E-state index contributed by atoms with van der Waals surface area (Å²) in [6, 6.07) is 18.7. The van der Waals surface area contributed by atoms with Crippen molar-refractivity contribution in [1.82, 2.24) is 14.9 Å². The Hall–Kier alpha value is -2.23. The molecule has 2 aromatic heterocycles. The van der Waals surface area contributed by atoms with Crippen LogP contribution in [0.2, 0.25) is 5.02 Å². The molecule has 1 aliphatic heterocycles. The topological polar surface area (TPSA) is 29.0 Å². The molecule has 1 fully saturated rings. The van der Waals surface area contributed by atoms with Gasteiger partial charge in [0, 0.05) is 54.2 Å². The van der Waals surface area contributed by atoms with Crippen LogP contribution in [-0.4, -0.2) is 28.0 Å². The minimum atomic E-state index is 0.505. The van der Waals surface area contributed by atoms with Gasteiger partial charge in [0.2, 0.25) is 0 Å². The molecule has 3 aromatic rings. The molecule has 1 aliphatic rings. The molecule has 0 bridgehead atoms. The van der Waals surface area contributed by atoms with E-state index in [1.807, 2.05) is 24.5 Å². The van der Waals surface area contributed by atoms with Crippen LogP contribution in [0.1, 0.15) is 41.3 Å². The van der Waals surface area contributed by atoms with Crippen LogP contribution in [-0.2, 0) is 13.0 Å². The summed E-state index contributed by atoms with van der Waals surface area (Å²) in [6.07, 6.45) is 7.03. The largest absolute Gasteiger partial charge is 0.298 e. The number of hydrogen-bond donors (Lipinski definition) is 0. The fourth-order valence-electron chi connectivity index (χ4n) is 3.82. The Kier molecular flexibility index (Phi) is 5.81. The predicted molar refractivity (Wildman–Crippen MR) is 110 cm³/mol. The van der Waals surface area contributed by atoms with Gasteiger partial charge >= 0.3 is 0 Å². The van der Waals surface area contributed by atoms with E-state index in [0.717, 1.165) is 36.8 Å². The van der Waals surface area contributed by atoms with Crippen LogP contribution < -0.4 is 0 Å². The Bertz CT molecular complexity index is 864. The molecule has 1 unspecified atom stereocenters. The molecule has 0 spiro atoms. The minimum Gasteiger partial charge on any atom is -0.298 e. The van der Waals surface area contributed by atoms with Crippen LogP contribution in [0.5, 0.6) is 0 Å². The van der Waals surface area contributed by atoms with Gasteiger partial charge in [-0.1, -0.05) is 29.8 Å². The zero-order valence-corrected chi connectivity index (χ0v) is 16.1. The molecule has 1 aromatic carbocycles. The Morgan fingerprint density at radius 1 is 0.963 bits per heavy atom. The molecule has 4 heteroatoms. The molecule has 0 radical (unpaired) electrons. The van der Waals surface area contributed by atoms with Crippen molar-refractivity contribution in [2.45, 2.75) is 31.7 Å². The van der Waals surface area contributed by atoms with Gasteiger partial charge < -0.3 is 0 Å². The van der Waals surface area contributed by atoms with Gasteiger partial charge in [-0.05, 0) is 66.9 Å². The average molecular weight is 378 g/mol. The second-order valence-electron chi connectivity index (χ2n) is 7.29. The number of rotatable bonds is 5. The van der Waals surface area contributed by atoms with E-state index in [1.54, 1.807) is 0 Å². The molecule has 0 aliphatic carbocycles. The van der Waals surface area contributed by atoms with Crippen molar-refractivity contribution in [1.29, 1.82) is 0 Å². The molecule has 138 valence electrons. The van der Waals surface area contributed by atoms with Gasteiger partial charge in [0.25, 0.3) is 0 Å². The van der Waals surface area contributed by atoms with Gasteiger partial charge in [-0.15, -0.1) is 0 Å². The van der Waals surface area contributed by atoms with E-state index < -0.39 is 0 Å². The monoisotopic (exact) mass is 377 g/mol. The molecule has 4 rings (SSSR count). The maximum Gasteiger partial charge on any atom is 0.0450 e. The fraction of sp³-hybridized carbons (Fsp3) is 0.304. The summed E-state index contributed by atoms with van der Waals surface area (Å²) >= 11 is 5.99. The smallest absolute Gasteiger partial charge is 0.0450 e. The summed E-state index contributed by atoms with van der Waals surface area (Å²) in [7, 11) is 0. The van der Waals surface area contributed by atoms with Crippen LogP contribution in [0.3, 0.4) is 0 Å². The van der Waals surface area contributed by atoms with E-state index in [4.69, 9.17) is 16.6 Å². The molecule has 0 saturated carbocycles. The lowest BCUT2D eigenvalue weighted by Crippen LogP contribution is -2.34. The highest BCUT2D eigenvalue weighted by molar-refractivity contribution is 6.30. The molecule has 3 heterocycles. The lowest BCUT2D eigenvalue weighted by atomic mass is 9.93. The Morgan fingerprint density at radius 3 is 2.59 bits per heavy atom. The number of nitrogens with zero attached hydrogens (tertiary/aromatic N) is 3. The first kappa shape index (κ1) is 18.1. The van der Waals surface area contributed by atoms with Crippen LogP contribution in [0.15, 0.2) is 67.0 Å². The quantitative estimate of drug-likeness (QED) is 0.619. The van der Waals surface area contributed by atoms with Crippen molar-refractivity contribution in [2.24, 2.45) is 0 Å². The second-order valence-corrected chi connectivity index (χ2v) is 7.72. The molecular weight excluding hydrogens is 354 g/mol. The molecule has 3 nitrogen and oxygen atoms in total. The third-order valence-electron chi connectivity index (χ3n) is 5.21. The van der Waals surface area contributed by atoms with Crippen molar-refractivity contribution in [2.75, 3.05) is 13.1 Å². The van der Waals surface area contributed by atoms with Gasteiger partial charge in [-0.3, -0.25) is 14.9 Å². The van der Waals surface area contributed by atoms with Crippen molar-refractivity contribution in [3.05, 3.63) is 94.5 Å². The lowest BCUT2D eigenvalue weighted by Gasteiger charge is -2.32. The van der Waals surface area contributed by atoms with Crippen molar-refractivity contribution >= 4 is 11.6 Å². The van der Waals surface area contributed by atoms with Crippen LogP contribution >= 0.6 is 11.6 Å². The molecule has 0 amide bonds.